The van der Waals surface area contributed by atoms with Gasteiger partial charge < -0.3 is 10.2 Å². The Bertz CT molecular complexity index is 470. The third kappa shape index (κ3) is 2.52. The van der Waals surface area contributed by atoms with Crippen molar-refractivity contribution in [1.82, 2.24) is 10.2 Å². The van der Waals surface area contributed by atoms with Gasteiger partial charge in [0.1, 0.15) is 5.82 Å². The minimum atomic E-state index is 0.0578. The Morgan fingerprint density at radius 3 is 2.94 bits per heavy atom. The zero-order valence-electron chi connectivity index (χ0n) is 9.90. The van der Waals surface area contributed by atoms with Crippen LogP contribution in [0.4, 0.5) is 0 Å². The summed E-state index contributed by atoms with van der Waals surface area (Å²) in [5.41, 5.74) is 1.13. The van der Waals surface area contributed by atoms with Crippen LogP contribution in [0, 0.1) is 0 Å². The fraction of sp³-hybridized carbons (Fsp3) is 0.308. The molecule has 1 fully saturated rings. The molecule has 2 rings (SSSR count). The van der Waals surface area contributed by atoms with Crippen LogP contribution >= 0.6 is 15.9 Å². The molecule has 3 nitrogen and oxygen atoms in total. The maximum Gasteiger partial charge on any atom is 0.230 e. The molecule has 1 aliphatic rings. The number of nitrogens with one attached hydrogen (secondary N) is 1. The molecular formula is C13H15BrN2O. The molecule has 0 spiro atoms. The van der Waals surface area contributed by atoms with E-state index in [-0.39, 0.29) is 11.9 Å². The summed E-state index contributed by atoms with van der Waals surface area (Å²) in [6.45, 7) is 1.93. The number of benzene rings is 1. The highest BCUT2D eigenvalue weighted by Gasteiger charge is 2.27. The van der Waals surface area contributed by atoms with Crippen molar-refractivity contribution in [3.8, 4) is 0 Å². The van der Waals surface area contributed by atoms with Crippen molar-refractivity contribution in [2.75, 3.05) is 7.05 Å². The average molecular weight is 295 g/mol. The van der Waals surface area contributed by atoms with Gasteiger partial charge in [0.2, 0.25) is 5.91 Å². The second kappa shape index (κ2) is 4.92. The van der Waals surface area contributed by atoms with Gasteiger partial charge in [-0.2, -0.15) is 0 Å². The van der Waals surface area contributed by atoms with Crippen LogP contribution in [0.2, 0.25) is 0 Å². The van der Waals surface area contributed by atoms with Crippen molar-refractivity contribution < 1.29 is 4.79 Å². The summed E-state index contributed by atoms with van der Waals surface area (Å²) in [6, 6.07) is 8.11. The standard InChI is InChI=1S/C13H15BrN2O/c1-3-12-15-11(8-13(17)16(12)2)9-5-4-6-10(14)7-9/h3-7,11,15H,8H2,1-2H3/b12-3-. The van der Waals surface area contributed by atoms with Crippen LogP contribution in [0.15, 0.2) is 40.6 Å². The first-order chi connectivity index (χ1) is 8.11. The summed E-state index contributed by atoms with van der Waals surface area (Å²) in [6.07, 6.45) is 2.41. The number of amides is 1. The summed E-state index contributed by atoms with van der Waals surface area (Å²) < 4.78 is 1.03. The van der Waals surface area contributed by atoms with Gasteiger partial charge in [-0.25, -0.2) is 0 Å². The van der Waals surface area contributed by atoms with Gasteiger partial charge in [-0.05, 0) is 30.7 Å². The van der Waals surface area contributed by atoms with E-state index < -0.39 is 0 Å². The first kappa shape index (κ1) is 12.2. The van der Waals surface area contributed by atoms with Crippen LogP contribution in [0.3, 0.4) is 0 Å². The van der Waals surface area contributed by atoms with Gasteiger partial charge in [-0.15, -0.1) is 0 Å². The lowest BCUT2D eigenvalue weighted by atomic mass is 10.0. The molecule has 1 heterocycles. The molecule has 0 aliphatic carbocycles. The molecule has 1 N–H and O–H groups in total. The van der Waals surface area contributed by atoms with Crippen molar-refractivity contribution in [2.45, 2.75) is 19.4 Å². The normalized spacial score (nSPS) is 22.8. The Balaban J connectivity index is 2.26. The number of rotatable bonds is 1. The Kier molecular flexibility index (Phi) is 3.52. The number of carbonyl (C=O) groups is 1. The largest absolute Gasteiger partial charge is 0.364 e. The van der Waals surface area contributed by atoms with Crippen molar-refractivity contribution >= 4 is 21.8 Å². The van der Waals surface area contributed by atoms with E-state index in [1.807, 2.05) is 37.3 Å². The topological polar surface area (TPSA) is 32.3 Å². The molecule has 0 aromatic heterocycles. The van der Waals surface area contributed by atoms with Crippen molar-refractivity contribution in [2.24, 2.45) is 0 Å². The maximum atomic E-state index is 11.9. The average Bonchev–Trinajstić information content (AvgIpc) is 2.32. The van der Waals surface area contributed by atoms with Gasteiger partial charge in [0, 0.05) is 11.5 Å². The molecule has 17 heavy (non-hydrogen) atoms. The fourth-order valence-corrected chi connectivity index (χ4v) is 2.39. The highest BCUT2D eigenvalue weighted by atomic mass is 79.9. The third-order valence-electron chi connectivity index (χ3n) is 2.96. The van der Waals surface area contributed by atoms with E-state index in [9.17, 15) is 4.79 Å². The van der Waals surface area contributed by atoms with Crippen molar-refractivity contribution in [3.63, 3.8) is 0 Å². The Hall–Kier alpha value is -1.29. The number of allylic oxidation sites excluding steroid dienone is 1. The lowest BCUT2D eigenvalue weighted by Crippen LogP contribution is -2.42. The molecule has 1 saturated heterocycles. The van der Waals surface area contributed by atoms with Crippen LogP contribution in [0.1, 0.15) is 24.9 Å². The van der Waals surface area contributed by atoms with Crippen LogP contribution in [0.25, 0.3) is 0 Å². The predicted octanol–water partition coefficient (Wildman–Crippen LogP) is 2.80. The molecule has 4 heteroatoms. The van der Waals surface area contributed by atoms with Gasteiger partial charge in [0.25, 0.3) is 0 Å². The van der Waals surface area contributed by atoms with Crippen molar-refractivity contribution in [1.29, 1.82) is 0 Å². The van der Waals surface area contributed by atoms with Crippen LogP contribution in [-0.2, 0) is 4.79 Å². The van der Waals surface area contributed by atoms with Crippen LogP contribution in [0.5, 0.6) is 0 Å². The molecule has 1 amide bonds. The molecule has 1 atom stereocenters. The molecular weight excluding hydrogens is 280 g/mol. The molecule has 90 valence electrons. The van der Waals surface area contributed by atoms with E-state index in [2.05, 4.69) is 21.2 Å². The van der Waals surface area contributed by atoms with Gasteiger partial charge in [0.15, 0.2) is 0 Å². The maximum absolute atomic E-state index is 11.9. The Labute approximate surface area is 110 Å². The predicted molar refractivity (Wildman–Crippen MR) is 71.2 cm³/mol. The minimum absolute atomic E-state index is 0.0578. The molecule has 0 radical (unpaired) electrons. The van der Waals surface area contributed by atoms with E-state index >= 15 is 0 Å². The summed E-state index contributed by atoms with van der Waals surface area (Å²) in [7, 11) is 1.79. The first-order valence-corrected chi connectivity index (χ1v) is 6.36. The zero-order valence-corrected chi connectivity index (χ0v) is 11.5. The highest BCUT2D eigenvalue weighted by Crippen LogP contribution is 2.26. The lowest BCUT2D eigenvalue weighted by Gasteiger charge is -2.33. The molecule has 0 bridgehead atoms. The number of halogens is 1. The molecule has 0 saturated carbocycles. The van der Waals surface area contributed by atoms with Gasteiger partial charge in [-0.3, -0.25) is 4.79 Å². The highest BCUT2D eigenvalue weighted by molar-refractivity contribution is 9.10. The Morgan fingerprint density at radius 1 is 1.53 bits per heavy atom. The zero-order chi connectivity index (χ0) is 12.4. The van der Waals surface area contributed by atoms with Crippen LogP contribution < -0.4 is 5.32 Å². The van der Waals surface area contributed by atoms with E-state index in [1.54, 1.807) is 11.9 Å². The first-order valence-electron chi connectivity index (χ1n) is 5.56. The fourth-order valence-electron chi connectivity index (χ4n) is 1.97. The number of hydrogen-bond donors (Lipinski definition) is 1. The minimum Gasteiger partial charge on any atom is -0.364 e. The molecule has 1 aromatic carbocycles. The van der Waals surface area contributed by atoms with E-state index in [0.29, 0.717) is 6.42 Å². The monoisotopic (exact) mass is 294 g/mol. The second-order valence-electron chi connectivity index (χ2n) is 4.08. The third-order valence-corrected chi connectivity index (χ3v) is 3.45. The molecule has 1 aromatic rings. The number of nitrogens with zero attached hydrogens (tertiary/aromatic N) is 1. The molecule has 1 unspecified atom stereocenters. The summed E-state index contributed by atoms with van der Waals surface area (Å²) in [5.74, 6) is 1.01. The Morgan fingerprint density at radius 2 is 2.29 bits per heavy atom. The van der Waals surface area contributed by atoms with Gasteiger partial charge in [-0.1, -0.05) is 28.1 Å². The SMILES string of the molecule is C/C=C1/NC(c2cccc(Br)c2)CC(=O)N1C. The van der Waals surface area contributed by atoms with Gasteiger partial charge in [0.05, 0.1) is 12.5 Å². The van der Waals surface area contributed by atoms with Gasteiger partial charge >= 0.3 is 0 Å². The number of carbonyl (C=O) groups excluding carboxylic acids is 1. The smallest absolute Gasteiger partial charge is 0.230 e. The van der Waals surface area contributed by atoms with Crippen molar-refractivity contribution in [3.05, 3.63) is 46.2 Å². The number of hydrogen-bond acceptors (Lipinski definition) is 2. The van der Waals surface area contributed by atoms with Crippen LogP contribution in [-0.4, -0.2) is 17.9 Å². The quantitative estimate of drug-likeness (QED) is 0.864. The second-order valence-corrected chi connectivity index (χ2v) is 5.00. The summed E-state index contributed by atoms with van der Waals surface area (Å²) >= 11 is 3.45. The molecule has 1 aliphatic heterocycles. The van der Waals surface area contributed by atoms with E-state index in [1.165, 1.54) is 0 Å². The summed E-state index contributed by atoms with van der Waals surface area (Å²) in [4.78, 5) is 13.5. The lowest BCUT2D eigenvalue weighted by molar-refractivity contribution is -0.130. The van der Waals surface area contributed by atoms with E-state index in [4.69, 9.17) is 0 Å². The summed E-state index contributed by atoms with van der Waals surface area (Å²) in [5, 5.41) is 3.37. The van der Waals surface area contributed by atoms with E-state index in [0.717, 1.165) is 15.9 Å².